The third-order valence-corrected chi connectivity index (χ3v) is 3.61. The van der Waals surface area contributed by atoms with Gasteiger partial charge in [0.25, 0.3) is 5.91 Å². The van der Waals surface area contributed by atoms with Crippen molar-refractivity contribution in [2.45, 2.75) is 18.9 Å². The zero-order valence-corrected chi connectivity index (χ0v) is 10.8. The van der Waals surface area contributed by atoms with Crippen molar-refractivity contribution >= 4 is 21.8 Å². The number of carbonyl (C=O) groups is 1. The Labute approximate surface area is 108 Å². The fraction of sp³-hybridized carbons (Fsp3) is 0.417. The molecule has 2 rings (SSSR count). The lowest BCUT2D eigenvalue weighted by Crippen LogP contribution is -2.42. The van der Waals surface area contributed by atoms with Crippen LogP contribution in [-0.4, -0.2) is 18.5 Å². The summed E-state index contributed by atoms with van der Waals surface area (Å²) < 4.78 is 14.0. The SMILES string of the molecule is NCC(NC(=O)c1c(F)cccc1Br)C1CC1. The Hall–Kier alpha value is -0.940. The molecule has 1 aromatic carbocycles. The Morgan fingerprint density at radius 3 is 2.82 bits per heavy atom. The van der Waals surface area contributed by atoms with E-state index in [2.05, 4.69) is 21.2 Å². The Morgan fingerprint density at radius 1 is 1.59 bits per heavy atom. The van der Waals surface area contributed by atoms with Crippen LogP contribution in [0.3, 0.4) is 0 Å². The lowest BCUT2D eigenvalue weighted by Gasteiger charge is -2.16. The summed E-state index contributed by atoms with van der Waals surface area (Å²) in [7, 11) is 0. The lowest BCUT2D eigenvalue weighted by atomic mass is 10.1. The first kappa shape index (κ1) is 12.5. The summed E-state index contributed by atoms with van der Waals surface area (Å²) in [4.78, 5) is 12.0. The van der Waals surface area contributed by atoms with Gasteiger partial charge < -0.3 is 11.1 Å². The average molecular weight is 301 g/mol. The minimum absolute atomic E-state index is 0.0472. The van der Waals surface area contributed by atoms with Gasteiger partial charge in [-0.05, 0) is 46.8 Å². The molecule has 0 radical (unpaired) electrons. The predicted octanol–water partition coefficient (Wildman–Crippen LogP) is 2.06. The molecular weight excluding hydrogens is 287 g/mol. The highest BCUT2D eigenvalue weighted by Gasteiger charge is 2.32. The minimum Gasteiger partial charge on any atom is -0.348 e. The fourth-order valence-electron chi connectivity index (χ4n) is 1.82. The van der Waals surface area contributed by atoms with E-state index in [1.54, 1.807) is 12.1 Å². The van der Waals surface area contributed by atoms with Crippen LogP contribution in [0.2, 0.25) is 0 Å². The number of carbonyl (C=O) groups excluding carboxylic acids is 1. The fourth-order valence-corrected chi connectivity index (χ4v) is 2.35. The van der Waals surface area contributed by atoms with Gasteiger partial charge in [0.15, 0.2) is 0 Å². The third-order valence-electron chi connectivity index (χ3n) is 2.95. The van der Waals surface area contributed by atoms with Crippen molar-refractivity contribution in [2.24, 2.45) is 11.7 Å². The monoisotopic (exact) mass is 300 g/mol. The normalized spacial score (nSPS) is 16.6. The zero-order chi connectivity index (χ0) is 12.4. The molecule has 0 bridgehead atoms. The summed E-state index contributed by atoms with van der Waals surface area (Å²) in [5, 5.41) is 2.79. The molecule has 92 valence electrons. The Morgan fingerprint density at radius 2 is 2.29 bits per heavy atom. The van der Waals surface area contributed by atoms with Crippen molar-refractivity contribution in [2.75, 3.05) is 6.54 Å². The molecule has 1 amide bonds. The second kappa shape index (κ2) is 5.14. The van der Waals surface area contributed by atoms with Crippen molar-refractivity contribution in [3.05, 3.63) is 34.1 Å². The van der Waals surface area contributed by atoms with Gasteiger partial charge in [0.2, 0.25) is 0 Å². The van der Waals surface area contributed by atoms with Crippen LogP contribution in [0.25, 0.3) is 0 Å². The van der Waals surface area contributed by atoms with Crippen LogP contribution in [0.4, 0.5) is 4.39 Å². The van der Waals surface area contributed by atoms with Crippen LogP contribution in [0.5, 0.6) is 0 Å². The van der Waals surface area contributed by atoms with Crippen LogP contribution in [0.15, 0.2) is 22.7 Å². The first-order valence-corrected chi connectivity index (χ1v) is 6.37. The molecule has 0 saturated heterocycles. The molecule has 3 nitrogen and oxygen atoms in total. The molecule has 1 aliphatic carbocycles. The molecule has 0 aromatic heterocycles. The molecule has 5 heteroatoms. The summed E-state index contributed by atoms with van der Waals surface area (Å²) >= 11 is 3.18. The molecule has 0 aliphatic heterocycles. The summed E-state index contributed by atoms with van der Waals surface area (Å²) in [5.74, 6) is -0.477. The molecule has 1 saturated carbocycles. The highest BCUT2D eigenvalue weighted by Crippen LogP contribution is 2.32. The van der Waals surface area contributed by atoms with Gasteiger partial charge in [-0.15, -0.1) is 0 Å². The highest BCUT2D eigenvalue weighted by molar-refractivity contribution is 9.10. The molecular formula is C12H14BrFN2O. The van der Waals surface area contributed by atoms with E-state index in [-0.39, 0.29) is 11.6 Å². The van der Waals surface area contributed by atoms with E-state index < -0.39 is 11.7 Å². The maximum absolute atomic E-state index is 13.5. The standard InChI is InChI=1S/C12H14BrFN2O/c13-8-2-1-3-9(14)11(8)12(17)16-10(6-15)7-4-5-7/h1-3,7,10H,4-6,15H2,(H,16,17). The number of benzene rings is 1. The van der Waals surface area contributed by atoms with Crippen LogP contribution >= 0.6 is 15.9 Å². The molecule has 1 atom stereocenters. The van der Waals surface area contributed by atoms with E-state index in [9.17, 15) is 9.18 Å². The van der Waals surface area contributed by atoms with Gasteiger partial charge in [-0.3, -0.25) is 4.79 Å². The molecule has 0 spiro atoms. The maximum atomic E-state index is 13.5. The molecule has 0 heterocycles. The molecule has 1 aromatic rings. The Kier molecular flexibility index (Phi) is 3.79. The summed E-state index contributed by atoms with van der Waals surface area (Å²) in [6.45, 7) is 0.391. The lowest BCUT2D eigenvalue weighted by molar-refractivity contribution is 0.0928. The first-order chi connectivity index (χ1) is 8.13. The highest BCUT2D eigenvalue weighted by atomic mass is 79.9. The van der Waals surface area contributed by atoms with Crippen molar-refractivity contribution in [3.8, 4) is 0 Å². The van der Waals surface area contributed by atoms with Crippen molar-refractivity contribution in [1.29, 1.82) is 0 Å². The van der Waals surface area contributed by atoms with Crippen LogP contribution < -0.4 is 11.1 Å². The number of nitrogens with one attached hydrogen (secondary N) is 1. The molecule has 1 aliphatic rings. The number of rotatable bonds is 4. The van der Waals surface area contributed by atoms with E-state index in [0.717, 1.165) is 12.8 Å². The van der Waals surface area contributed by atoms with E-state index in [0.29, 0.717) is 16.9 Å². The summed E-state index contributed by atoms with van der Waals surface area (Å²) in [5.41, 5.74) is 5.64. The van der Waals surface area contributed by atoms with Crippen molar-refractivity contribution in [1.82, 2.24) is 5.32 Å². The van der Waals surface area contributed by atoms with Crippen molar-refractivity contribution < 1.29 is 9.18 Å². The zero-order valence-electron chi connectivity index (χ0n) is 9.25. The van der Waals surface area contributed by atoms with Gasteiger partial charge in [0.05, 0.1) is 5.56 Å². The predicted molar refractivity (Wildman–Crippen MR) is 67.1 cm³/mol. The minimum atomic E-state index is -0.525. The van der Waals surface area contributed by atoms with E-state index in [1.165, 1.54) is 6.07 Å². The van der Waals surface area contributed by atoms with Gasteiger partial charge >= 0.3 is 0 Å². The van der Waals surface area contributed by atoms with Crippen LogP contribution in [0, 0.1) is 11.7 Å². The number of amides is 1. The number of halogens is 2. The van der Waals surface area contributed by atoms with Gasteiger partial charge in [-0.2, -0.15) is 0 Å². The second-order valence-electron chi connectivity index (χ2n) is 4.25. The van der Waals surface area contributed by atoms with E-state index in [1.807, 2.05) is 0 Å². The summed E-state index contributed by atoms with van der Waals surface area (Å²) in [6, 6.07) is 4.42. The largest absolute Gasteiger partial charge is 0.348 e. The van der Waals surface area contributed by atoms with Gasteiger partial charge in [0.1, 0.15) is 5.82 Å². The van der Waals surface area contributed by atoms with E-state index in [4.69, 9.17) is 5.73 Å². The van der Waals surface area contributed by atoms with Gasteiger partial charge in [-0.25, -0.2) is 4.39 Å². The topological polar surface area (TPSA) is 55.1 Å². The average Bonchev–Trinajstić information content (AvgIpc) is 3.09. The first-order valence-electron chi connectivity index (χ1n) is 5.58. The van der Waals surface area contributed by atoms with E-state index >= 15 is 0 Å². The Bertz CT molecular complexity index is 414. The molecule has 1 fully saturated rings. The number of nitrogens with two attached hydrogens (primary N) is 1. The van der Waals surface area contributed by atoms with Gasteiger partial charge in [0, 0.05) is 17.1 Å². The molecule has 1 unspecified atom stereocenters. The Balaban J connectivity index is 2.13. The molecule has 17 heavy (non-hydrogen) atoms. The quantitative estimate of drug-likeness (QED) is 0.894. The van der Waals surface area contributed by atoms with Crippen LogP contribution in [-0.2, 0) is 0 Å². The number of hydrogen-bond donors (Lipinski definition) is 2. The molecule has 3 N–H and O–H groups in total. The second-order valence-corrected chi connectivity index (χ2v) is 5.10. The smallest absolute Gasteiger partial charge is 0.255 e. The third kappa shape index (κ3) is 2.84. The summed E-state index contributed by atoms with van der Waals surface area (Å²) in [6.07, 6.45) is 2.17. The maximum Gasteiger partial charge on any atom is 0.255 e. The van der Waals surface area contributed by atoms with Crippen LogP contribution in [0.1, 0.15) is 23.2 Å². The van der Waals surface area contributed by atoms with Gasteiger partial charge in [-0.1, -0.05) is 6.07 Å². The number of hydrogen-bond acceptors (Lipinski definition) is 2. The van der Waals surface area contributed by atoms with Crippen molar-refractivity contribution in [3.63, 3.8) is 0 Å².